The van der Waals surface area contributed by atoms with Crippen molar-refractivity contribution in [1.82, 2.24) is 4.57 Å². The second-order valence-corrected chi connectivity index (χ2v) is 5.70. The van der Waals surface area contributed by atoms with Gasteiger partial charge in [0.15, 0.2) is 0 Å². The first-order valence-electron chi connectivity index (χ1n) is 7.97. The summed E-state index contributed by atoms with van der Waals surface area (Å²) < 4.78 is 1.26. The molecule has 0 unspecified atom stereocenters. The number of nitriles is 1. The van der Waals surface area contributed by atoms with Gasteiger partial charge in [-0.3, -0.25) is 14.4 Å². The first-order valence-corrected chi connectivity index (χ1v) is 7.97. The molecule has 124 valence electrons. The van der Waals surface area contributed by atoms with Crippen LogP contribution in [0.5, 0.6) is 5.88 Å². The minimum Gasteiger partial charge on any atom is -0.494 e. The highest BCUT2D eigenvalue weighted by Crippen LogP contribution is 2.23. The SMILES string of the molecule is CCCCn1c(O)c(C=Nc2ccccc2C)c(C)c(C#N)c1=O. The van der Waals surface area contributed by atoms with Crippen molar-refractivity contribution in [2.75, 3.05) is 0 Å². The second-order valence-electron chi connectivity index (χ2n) is 5.70. The molecule has 0 aliphatic heterocycles. The largest absolute Gasteiger partial charge is 0.494 e. The zero-order chi connectivity index (χ0) is 17.7. The van der Waals surface area contributed by atoms with Gasteiger partial charge in [0.1, 0.15) is 11.6 Å². The molecule has 2 aromatic rings. The number of pyridine rings is 1. The van der Waals surface area contributed by atoms with Gasteiger partial charge in [0.25, 0.3) is 5.56 Å². The van der Waals surface area contributed by atoms with Crippen LogP contribution in [0.2, 0.25) is 0 Å². The van der Waals surface area contributed by atoms with E-state index in [0.29, 0.717) is 17.7 Å². The van der Waals surface area contributed by atoms with Crippen molar-refractivity contribution in [3.05, 3.63) is 56.9 Å². The van der Waals surface area contributed by atoms with Crippen molar-refractivity contribution in [3.63, 3.8) is 0 Å². The average molecular weight is 323 g/mol. The minimum absolute atomic E-state index is 0.0511. The Balaban J connectivity index is 2.59. The van der Waals surface area contributed by atoms with Crippen molar-refractivity contribution in [1.29, 1.82) is 5.26 Å². The monoisotopic (exact) mass is 323 g/mol. The Bertz CT molecular complexity index is 873. The zero-order valence-electron chi connectivity index (χ0n) is 14.2. The van der Waals surface area contributed by atoms with Gasteiger partial charge in [-0.25, -0.2) is 0 Å². The van der Waals surface area contributed by atoms with E-state index < -0.39 is 5.56 Å². The molecule has 0 amide bonds. The highest BCUT2D eigenvalue weighted by atomic mass is 16.3. The van der Waals surface area contributed by atoms with Crippen molar-refractivity contribution in [3.8, 4) is 11.9 Å². The van der Waals surface area contributed by atoms with E-state index in [9.17, 15) is 15.2 Å². The Morgan fingerprint density at radius 2 is 2.04 bits per heavy atom. The summed E-state index contributed by atoms with van der Waals surface area (Å²) in [5, 5.41) is 19.8. The number of hydrogen-bond acceptors (Lipinski definition) is 4. The highest BCUT2D eigenvalue weighted by Gasteiger charge is 2.17. The molecule has 0 atom stereocenters. The molecular formula is C19H21N3O2. The standard InChI is InChI=1S/C19H21N3O2/c1-4-5-10-22-18(23)15(11-20)14(3)16(19(22)24)12-21-17-9-7-6-8-13(17)2/h6-9,12,24H,4-5,10H2,1-3H3. The fourth-order valence-electron chi connectivity index (χ4n) is 2.49. The maximum Gasteiger partial charge on any atom is 0.271 e. The molecule has 2 rings (SSSR count). The van der Waals surface area contributed by atoms with Crippen LogP contribution in [0.25, 0.3) is 0 Å². The summed E-state index contributed by atoms with van der Waals surface area (Å²) in [5.41, 5.74) is 2.24. The van der Waals surface area contributed by atoms with Gasteiger partial charge in [0, 0.05) is 12.8 Å². The maximum atomic E-state index is 12.4. The fourth-order valence-corrected chi connectivity index (χ4v) is 2.49. The fraction of sp³-hybridized carbons (Fsp3) is 0.316. The molecule has 5 heteroatoms. The first kappa shape index (κ1) is 17.5. The Morgan fingerprint density at radius 3 is 2.67 bits per heavy atom. The molecule has 0 spiro atoms. The van der Waals surface area contributed by atoms with Gasteiger partial charge >= 0.3 is 0 Å². The van der Waals surface area contributed by atoms with E-state index in [0.717, 1.165) is 24.1 Å². The van der Waals surface area contributed by atoms with Gasteiger partial charge in [0.2, 0.25) is 5.88 Å². The van der Waals surface area contributed by atoms with E-state index in [1.807, 2.05) is 44.2 Å². The summed E-state index contributed by atoms with van der Waals surface area (Å²) in [6.07, 6.45) is 3.15. The normalized spacial score (nSPS) is 10.9. The summed E-state index contributed by atoms with van der Waals surface area (Å²) in [6, 6.07) is 9.58. The molecule has 0 radical (unpaired) electrons. The quantitative estimate of drug-likeness (QED) is 0.854. The molecule has 24 heavy (non-hydrogen) atoms. The van der Waals surface area contributed by atoms with E-state index in [1.165, 1.54) is 10.8 Å². The predicted molar refractivity (Wildman–Crippen MR) is 95.2 cm³/mol. The molecule has 0 aliphatic rings. The number of para-hydroxylation sites is 1. The number of rotatable bonds is 5. The number of hydrogen-bond donors (Lipinski definition) is 1. The minimum atomic E-state index is -0.450. The number of aliphatic imine (C=N–C) groups is 1. The lowest BCUT2D eigenvalue weighted by Crippen LogP contribution is -2.25. The van der Waals surface area contributed by atoms with Crippen LogP contribution in [0.4, 0.5) is 5.69 Å². The van der Waals surface area contributed by atoms with Gasteiger partial charge in [0.05, 0.1) is 11.3 Å². The van der Waals surface area contributed by atoms with Crippen LogP contribution in [-0.4, -0.2) is 15.9 Å². The molecule has 0 saturated heterocycles. The summed E-state index contributed by atoms with van der Waals surface area (Å²) in [6.45, 7) is 5.98. The van der Waals surface area contributed by atoms with E-state index in [2.05, 4.69) is 4.99 Å². The lowest BCUT2D eigenvalue weighted by molar-refractivity contribution is 0.400. The number of unbranched alkanes of at least 4 members (excludes halogenated alkanes) is 1. The van der Waals surface area contributed by atoms with Gasteiger partial charge in [-0.1, -0.05) is 31.5 Å². The molecule has 1 aromatic carbocycles. The van der Waals surface area contributed by atoms with Crippen LogP contribution < -0.4 is 5.56 Å². The molecule has 0 saturated carbocycles. The number of benzene rings is 1. The lowest BCUT2D eigenvalue weighted by atomic mass is 10.1. The summed E-state index contributed by atoms with van der Waals surface area (Å²) >= 11 is 0. The molecular weight excluding hydrogens is 302 g/mol. The third-order valence-electron chi connectivity index (χ3n) is 4.03. The van der Waals surface area contributed by atoms with Gasteiger partial charge < -0.3 is 5.11 Å². The second kappa shape index (κ2) is 7.60. The summed E-state index contributed by atoms with van der Waals surface area (Å²) in [4.78, 5) is 16.8. The Kier molecular flexibility index (Phi) is 5.54. The predicted octanol–water partition coefficient (Wildman–Crippen LogP) is 3.59. The Labute approximate surface area is 141 Å². The Morgan fingerprint density at radius 1 is 1.33 bits per heavy atom. The summed E-state index contributed by atoms with van der Waals surface area (Å²) in [5.74, 6) is -0.137. The molecule has 1 N–H and O–H groups in total. The Hall–Kier alpha value is -2.87. The van der Waals surface area contributed by atoms with Crippen LogP contribution in [-0.2, 0) is 6.54 Å². The molecule has 5 nitrogen and oxygen atoms in total. The smallest absolute Gasteiger partial charge is 0.271 e. The van der Waals surface area contributed by atoms with Gasteiger partial charge in [-0.15, -0.1) is 0 Å². The first-order chi connectivity index (χ1) is 11.5. The van der Waals surface area contributed by atoms with Crippen LogP contribution in [0, 0.1) is 25.2 Å². The van der Waals surface area contributed by atoms with Crippen molar-refractivity contribution in [2.24, 2.45) is 4.99 Å². The lowest BCUT2D eigenvalue weighted by Gasteiger charge is -2.13. The van der Waals surface area contributed by atoms with E-state index in [1.54, 1.807) is 6.92 Å². The molecule has 0 fully saturated rings. The van der Waals surface area contributed by atoms with Crippen LogP contribution in [0.1, 0.15) is 42.0 Å². The van der Waals surface area contributed by atoms with E-state index in [-0.39, 0.29) is 11.4 Å². The van der Waals surface area contributed by atoms with Crippen molar-refractivity contribution >= 4 is 11.9 Å². The maximum absolute atomic E-state index is 12.4. The van der Waals surface area contributed by atoms with Crippen molar-refractivity contribution in [2.45, 2.75) is 40.2 Å². The zero-order valence-corrected chi connectivity index (χ0v) is 14.2. The number of aromatic hydroxyl groups is 1. The van der Waals surface area contributed by atoms with E-state index >= 15 is 0 Å². The van der Waals surface area contributed by atoms with Gasteiger partial charge in [-0.05, 0) is 37.5 Å². The third kappa shape index (κ3) is 3.38. The molecule has 0 aliphatic carbocycles. The van der Waals surface area contributed by atoms with Crippen LogP contribution >= 0.6 is 0 Å². The van der Waals surface area contributed by atoms with Crippen LogP contribution in [0.15, 0.2) is 34.1 Å². The third-order valence-corrected chi connectivity index (χ3v) is 4.03. The van der Waals surface area contributed by atoms with Gasteiger partial charge in [-0.2, -0.15) is 5.26 Å². The molecule has 1 aromatic heterocycles. The number of aromatic nitrogens is 1. The molecule has 1 heterocycles. The van der Waals surface area contributed by atoms with Crippen molar-refractivity contribution < 1.29 is 5.11 Å². The van der Waals surface area contributed by atoms with E-state index in [4.69, 9.17) is 0 Å². The average Bonchev–Trinajstić information content (AvgIpc) is 2.56. The molecule has 0 bridgehead atoms. The summed E-state index contributed by atoms with van der Waals surface area (Å²) in [7, 11) is 0. The van der Waals surface area contributed by atoms with Crippen LogP contribution in [0.3, 0.4) is 0 Å². The topological polar surface area (TPSA) is 78.4 Å². The number of aryl methyl sites for hydroxylation is 1. The highest BCUT2D eigenvalue weighted by molar-refractivity contribution is 5.87. The number of nitrogens with zero attached hydrogens (tertiary/aromatic N) is 3.